The number of hydrogen-bond donors (Lipinski definition) is 3. The Morgan fingerprint density at radius 3 is 2.64 bits per heavy atom. The van der Waals surface area contributed by atoms with Crippen molar-refractivity contribution in [2.45, 2.75) is 39.2 Å². The van der Waals surface area contributed by atoms with E-state index in [-0.39, 0.29) is 24.0 Å². The molecular weight excluding hydrogens is 322 g/mol. The van der Waals surface area contributed by atoms with E-state index in [2.05, 4.69) is 24.5 Å². The van der Waals surface area contributed by atoms with Crippen LogP contribution in [0.2, 0.25) is 0 Å². The first-order chi connectivity index (χ1) is 11.9. The van der Waals surface area contributed by atoms with Crippen LogP contribution >= 0.6 is 0 Å². The highest BCUT2D eigenvalue weighted by molar-refractivity contribution is 5.96. The van der Waals surface area contributed by atoms with Crippen molar-refractivity contribution in [1.29, 1.82) is 0 Å². The van der Waals surface area contributed by atoms with Crippen LogP contribution < -0.4 is 21.1 Å². The van der Waals surface area contributed by atoms with Gasteiger partial charge in [-0.1, -0.05) is 38.8 Å². The molecule has 1 fully saturated rings. The summed E-state index contributed by atoms with van der Waals surface area (Å²) in [5.41, 5.74) is 5.43. The van der Waals surface area contributed by atoms with Crippen LogP contribution in [0.25, 0.3) is 0 Å². The van der Waals surface area contributed by atoms with E-state index < -0.39 is 17.8 Å². The number of amides is 4. The highest BCUT2D eigenvalue weighted by Gasteiger charge is 2.28. The van der Waals surface area contributed by atoms with Crippen molar-refractivity contribution in [3.63, 3.8) is 0 Å². The fraction of sp³-hybridized carbons (Fsp3) is 0.500. The number of primary amides is 1. The molecule has 25 heavy (non-hydrogen) atoms. The quantitative estimate of drug-likeness (QED) is 0.754. The van der Waals surface area contributed by atoms with Gasteiger partial charge in [0, 0.05) is 6.04 Å². The van der Waals surface area contributed by atoms with Crippen LogP contribution in [0.4, 0.5) is 4.79 Å². The van der Waals surface area contributed by atoms with Crippen molar-refractivity contribution in [1.82, 2.24) is 10.6 Å². The zero-order valence-electron chi connectivity index (χ0n) is 14.6. The molecule has 0 spiro atoms. The molecule has 4 N–H and O–H groups in total. The van der Waals surface area contributed by atoms with Gasteiger partial charge in [0.2, 0.25) is 0 Å². The molecule has 0 unspecified atom stereocenters. The Kier molecular flexibility index (Phi) is 6.38. The average Bonchev–Trinajstić information content (AvgIpc) is 2.57. The van der Waals surface area contributed by atoms with Gasteiger partial charge in [-0.05, 0) is 30.4 Å². The van der Waals surface area contributed by atoms with Crippen LogP contribution in [0, 0.1) is 11.8 Å². The molecule has 4 amide bonds. The predicted molar refractivity (Wildman–Crippen MR) is 93.1 cm³/mol. The van der Waals surface area contributed by atoms with Crippen LogP contribution in [0.1, 0.15) is 43.5 Å². The van der Waals surface area contributed by atoms with Crippen molar-refractivity contribution in [3.05, 3.63) is 29.8 Å². The molecule has 1 saturated carbocycles. The lowest BCUT2D eigenvalue weighted by molar-refractivity contribution is -0.122. The summed E-state index contributed by atoms with van der Waals surface area (Å²) < 4.78 is 5.30. The fourth-order valence-corrected chi connectivity index (χ4v) is 3.09. The van der Waals surface area contributed by atoms with Crippen LogP contribution in [0.5, 0.6) is 5.75 Å². The van der Waals surface area contributed by atoms with E-state index in [4.69, 9.17) is 10.5 Å². The molecule has 136 valence electrons. The second kappa shape index (κ2) is 8.50. The highest BCUT2D eigenvalue weighted by Crippen LogP contribution is 2.29. The third-order valence-electron chi connectivity index (χ3n) is 4.79. The fourth-order valence-electron chi connectivity index (χ4n) is 3.09. The minimum atomic E-state index is -0.644. The summed E-state index contributed by atoms with van der Waals surface area (Å²) in [6.45, 7) is 3.90. The van der Waals surface area contributed by atoms with E-state index in [0.717, 1.165) is 19.3 Å². The number of rotatable bonds is 5. The lowest BCUT2D eigenvalue weighted by Crippen LogP contribution is -2.50. The van der Waals surface area contributed by atoms with E-state index in [9.17, 15) is 14.4 Å². The largest absolute Gasteiger partial charge is 0.483 e. The Bertz CT molecular complexity index is 647. The maximum Gasteiger partial charge on any atom is 0.321 e. The van der Waals surface area contributed by atoms with Crippen molar-refractivity contribution >= 4 is 17.8 Å². The topological polar surface area (TPSA) is 111 Å². The van der Waals surface area contributed by atoms with Gasteiger partial charge in [-0.15, -0.1) is 0 Å². The number of hydrogen-bond acceptors (Lipinski definition) is 4. The van der Waals surface area contributed by atoms with Gasteiger partial charge < -0.3 is 15.8 Å². The third-order valence-corrected chi connectivity index (χ3v) is 4.79. The van der Waals surface area contributed by atoms with E-state index >= 15 is 0 Å². The smallest absolute Gasteiger partial charge is 0.321 e. The highest BCUT2D eigenvalue weighted by atomic mass is 16.5. The lowest BCUT2D eigenvalue weighted by atomic mass is 9.78. The molecule has 7 heteroatoms. The zero-order valence-corrected chi connectivity index (χ0v) is 14.6. The second-order valence-electron chi connectivity index (χ2n) is 6.54. The summed E-state index contributed by atoms with van der Waals surface area (Å²) in [5, 5.41) is 5.11. The Morgan fingerprint density at radius 2 is 1.92 bits per heavy atom. The summed E-state index contributed by atoms with van der Waals surface area (Å²) in [6.07, 6.45) is 3.14. The Labute approximate surface area is 147 Å². The van der Waals surface area contributed by atoms with E-state index in [1.54, 1.807) is 18.2 Å². The molecule has 1 aromatic carbocycles. The maximum atomic E-state index is 12.0. The van der Waals surface area contributed by atoms with Gasteiger partial charge in [0.25, 0.3) is 11.8 Å². The first kappa shape index (κ1) is 18.8. The van der Waals surface area contributed by atoms with Crippen LogP contribution in [-0.2, 0) is 4.79 Å². The Balaban J connectivity index is 1.82. The van der Waals surface area contributed by atoms with Crippen LogP contribution in [0.3, 0.4) is 0 Å². The van der Waals surface area contributed by atoms with E-state index in [0.29, 0.717) is 11.8 Å². The Morgan fingerprint density at radius 1 is 1.20 bits per heavy atom. The van der Waals surface area contributed by atoms with Gasteiger partial charge in [-0.3, -0.25) is 14.9 Å². The number of ether oxygens (including phenoxy) is 1. The summed E-state index contributed by atoms with van der Waals surface area (Å²) >= 11 is 0. The monoisotopic (exact) mass is 347 g/mol. The number of urea groups is 1. The predicted octanol–water partition coefficient (Wildman–Crippen LogP) is 1.81. The molecule has 0 radical (unpaired) electrons. The summed E-state index contributed by atoms with van der Waals surface area (Å²) in [6, 6.07) is 5.90. The van der Waals surface area contributed by atoms with E-state index in [1.807, 2.05) is 0 Å². The Hall–Kier alpha value is -2.57. The molecule has 0 aromatic heterocycles. The average molecular weight is 347 g/mol. The van der Waals surface area contributed by atoms with Crippen molar-refractivity contribution < 1.29 is 19.1 Å². The molecule has 0 heterocycles. The lowest BCUT2D eigenvalue weighted by Gasteiger charge is -2.34. The van der Waals surface area contributed by atoms with Gasteiger partial charge in [0.05, 0.1) is 5.56 Å². The summed E-state index contributed by atoms with van der Waals surface area (Å²) in [7, 11) is 0. The number of para-hydroxylation sites is 1. The standard InChI is InChI=1S/C18H25N3O4/c1-11-6-5-8-14(12(11)2)20-18(24)21-16(22)10-25-15-9-4-3-7-13(15)17(19)23/h3-4,7,9,11-12,14H,5-6,8,10H2,1-2H3,(H2,19,23)(H2,20,21,22,24)/t11-,12-,14+/m1/s1. The van der Waals surface area contributed by atoms with Crippen molar-refractivity contribution in [2.75, 3.05) is 6.61 Å². The van der Waals surface area contributed by atoms with Crippen LogP contribution in [-0.4, -0.2) is 30.5 Å². The molecule has 1 aliphatic carbocycles. The van der Waals surface area contributed by atoms with E-state index in [1.165, 1.54) is 6.07 Å². The first-order valence-corrected chi connectivity index (χ1v) is 8.50. The molecule has 0 saturated heterocycles. The number of nitrogens with one attached hydrogen (secondary N) is 2. The van der Waals surface area contributed by atoms with Crippen molar-refractivity contribution in [3.8, 4) is 5.75 Å². The normalized spacial score (nSPS) is 22.7. The number of benzene rings is 1. The van der Waals surface area contributed by atoms with Gasteiger partial charge >= 0.3 is 6.03 Å². The van der Waals surface area contributed by atoms with Gasteiger partial charge in [-0.25, -0.2) is 4.79 Å². The third kappa shape index (κ3) is 5.20. The van der Waals surface area contributed by atoms with Gasteiger partial charge in [-0.2, -0.15) is 0 Å². The second-order valence-corrected chi connectivity index (χ2v) is 6.54. The summed E-state index contributed by atoms with van der Waals surface area (Å²) in [5.74, 6) is -0.112. The number of imide groups is 1. The van der Waals surface area contributed by atoms with Crippen LogP contribution in [0.15, 0.2) is 24.3 Å². The minimum absolute atomic E-state index is 0.0630. The summed E-state index contributed by atoms with van der Waals surface area (Å²) in [4.78, 5) is 35.2. The molecule has 0 bridgehead atoms. The number of nitrogens with two attached hydrogens (primary N) is 1. The molecule has 7 nitrogen and oxygen atoms in total. The number of carbonyl (C=O) groups is 3. The van der Waals surface area contributed by atoms with Gasteiger partial charge in [0.15, 0.2) is 6.61 Å². The zero-order chi connectivity index (χ0) is 18.4. The van der Waals surface area contributed by atoms with Crippen molar-refractivity contribution in [2.24, 2.45) is 17.6 Å². The van der Waals surface area contributed by atoms with Gasteiger partial charge in [0.1, 0.15) is 5.75 Å². The first-order valence-electron chi connectivity index (χ1n) is 8.50. The molecule has 2 rings (SSSR count). The molecular formula is C18H25N3O4. The molecule has 1 aliphatic rings. The maximum absolute atomic E-state index is 12.0. The SMILES string of the molecule is C[C@@H]1[C@H](C)CCC[C@@H]1NC(=O)NC(=O)COc1ccccc1C(N)=O. The minimum Gasteiger partial charge on any atom is -0.483 e. The molecule has 3 atom stereocenters. The number of carbonyl (C=O) groups excluding carboxylic acids is 3. The molecule has 0 aliphatic heterocycles. The molecule has 1 aromatic rings.